The molecule has 1 fully saturated rings. The third-order valence-electron chi connectivity index (χ3n) is 3.53. The van der Waals surface area contributed by atoms with Gasteiger partial charge in [0, 0.05) is 12.1 Å². The Morgan fingerprint density at radius 3 is 2.75 bits per heavy atom. The highest BCUT2D eigenvalue weighted by atomic mass is 16.6. The van der Waals surface area contributed by atoms with Crippen LogP contribution in [0.25, 0.3) is 0 Å². The average molecular weight is 271 g/mol. The van der Waals surface area contributed by atoms with Crippen molar-refractivity contribution < 1.29 is 14.3 Å². The largest absolute Gasteiger partial charge is 0.486 e. The van der Waals surface area contributed by atoms with Gasteiger partial charge in [0.05, 0.1) is 6.54 Å². The van der Waals surface area contributed by atoms with E-state index in [1.807, 2.05) is 0 Å². The lowest BCUT2D eigenvalue weighted by Gasteiger charge is -2.22. The third kappa shape index (κ3) is 2.72. The lowest BCUT2D eigenvalue weighted by molar-refractivity contribution is 0.0768. The predicted octanol–water partition coefficient (Wildman–Crippen LogP) is 1.94. The SMILES string of the molecule is C#CCN(CC1CC1)C(=O)c1ccc2c(c1)OCCO2. The van der Waals surface area contributed by atoms with E-state index < -0.39 is 0 Å². The first-order chi connectivity index (χ1) is 9.78. The Morgan fingerprint density at radius 1 is 1.30 bits per heavy atom. The van der Waals surface area contributed by atoms with E-state index in [4.69, 9.17) is 15.9 Å². The second-order valence-corrected chi connectivity index (χ2v) is 5.19. The molecule has 2 aliphatic rings. The number of rotatable bonds is 4. The molecule has 3 rings (SSSR count). The maximum Gasteiger partial charge on any atom is 0.254 e. The lowest BCUT2D eigenvalue weighted by atomic mass is 10.1. The first-order valence-corrected chi connectivity index (χ1v) is 6.90. The number of carbonyl (C=O) groups excluding carboxylic acids is 1. The van der Waals surface area contributed by atoms with Gasteiger partial charge >= 0.3 is 0 Å². The van der Waals surface area contributed by atoms with Crippen molar-refractivity contribution >= 4 is 5.91 Å². The van der Waals surface area contributed by atoms with Gasteiger partial charge in [-0.3, -0.25) is 4.79 Å². The average Bonchev–Trinajstić information content (AvgIpc) is 3.29. The molecule has 0 unspecified atom stereocenters. The fraction of sp³-hybridized carbons (Fsp3) is 0.438. The Balaban J connectivity index is 1.79. The summed E-state index contributed by atoms with van der Waals surface area (Å²) in [5.74, 6) is 4.47. The maximum absolute atomic E-state index is 12.5. The van der Waals surface area contributed by atoms with E-state index in [9.17, 15) is 4.79 Å². The number of carbonyl (C=O) groups is 1. The zero-order chi connectivity index (χ0) is 13.9. The number of hydrogen-bond donors (Lipinski definition) is 0. The first kappa shape index (κ1) is 12.9. The summed E-state index contributed by atoms with van der Waals surface area (Å²) < 4.78 is 11.0. The van der Waals surface area contributed by atoms with Crippen molar-refractivity contribution in [3.63, 3.8) is 0 Å². The quantitative estimate of drug-likeness (QED) is 0.786. The van der Waals surface area contributed by atoms with Gasteiger partial charge in [0.25, 0.3) is 5.91 Å². The van der Waals surface area contributed by atoms with Crippen LogP contribution in [0.2, 0.25) is 0 Å². The molecule has 0 spiro atoms. The molecule has 1 aromatic rings. The molecular weight excluding hydrogens is 254 g/mol. The van der Waals surface area contributed by atoms with Crippen LogP contribution in [0.4, 0.5) is 0 Å². The summed E-state index contributed by atoms with van der Waals surface area (Å²) in [5.41, 5.74) is 0.602. The van der Waals surface area contributed by atoms with Crippen molar-refractivity contribution in [2.75, 3.05) is 26.3 Å². The molecule has 104 valence electrons. The summed E-state index contributed by atoms with van der Waals surface area (Å²) in [6.45, 7) is 2.16. The zero-order valence-corrected chi connectivity index (χ0v) is 11.3. The molecule has 0 N–H and O–H groups in total. The summed E-state index contributed by atoms with van der Waals surface area (Å²) in [6.07, 6.45) is 7.74. The van der Waals surface area contributed by atoms with E-state index in [2.05, 4.69) is 5.92 Å². The van der Waals surface area contributed by atoms with Crippen LogP contribution in [-0.2, 0) is 0 Å². The van der Waals surface area contributed by atoms with Crippen LogP contribution in [0.15, 0.2) is 18.2 Å². The summed E-state index contributed by atoms with van der Waals surface area (Å²) in [7, 11) is 0. The number of ether oxygens (including phenoxy) is 2. The topological polar surface area (TPSA) is 38.8 Å². The van der Waals surface area contributed by atoms with Crippen molar-refractivity contribution in [3.8, 4) is 23.8 Å². The number of nitrogens with zero attached hydrogens (tertiary/aromatic N) is 1. The minimum Gasteiger partial charge on any atom is -0.486 e. The molecule has 1 aliphatic heterocycles. The van der Waals surface area contributed by atoms with Gasteiger partial charge in [0.15, 0.2) is 11.5 Å². The molecule has 20 heavy (non-hydrogen) atoms. The maximum atomic E-state index is 12.5. The van der Waals surface area contributed by atoms with Crippen LogP contribution in [0.1, 0.15) is 23.2 Å². The Morgan fingerprint density at radius 2 is 2.05 bits per heavy atom. The Labute approximate surface area is 118 Å². The van der Waals surface area contributed by atoms with E-state index in [-0.39, 0.29) is 5.91 Å². The van der Waals surface area contributed by atoms with Crippen molar-refractivity contribution in [2.45, 2.75) is 12.8 Å². The van der Waals surface area contributed by atoms with Crippen LogP contribution >= 0.6 is 0 Å². The molecule has 1 saturated carbocycles. The van der Waals surface area contributed by atoms with Gasteiger partial charge in [-0.15, -0.1) is 6.42 Å². The van der Waals surface area contributed by atoms with Gasteiger partial charge in [-0.05, 0) is 37.0 Å². The Kier molecular flexibility index (Phi) is 3.51. The Bertz CT molecular complexity index is 557. The summed E-state index contributed by atoms with van der Waals surface area (Å²) in [5, 5.41) is 0. The van der Waals surface area contributed by atoms with E-state index in [0.29, 0.717) is 42.7 Å². The van der Waals surface area contributed by atoms with E-state index >= 15 is 0 Å². The standard InChI is InChI=1S/C16H17NO3/c1-2-7-17(11-12-3-4-12)16(18)13-5-6-14-15(10-13)20-9-8-19-14/h1,5-6,10,12H,3-4,7-9,11H2. The molecule has 0 radical (unpaired) electrons. The van der Waals surface area contributed by atoms with E-state index in [1.165, 1.54) is 12.8 Å². The van der Waals surface area contributed by atoms with Crippen LogP contribution in [0.3, 0.4) is 0 Å². The van der Waals surface area contributed by atoms with Crippen molar-refractivity contribution in [1.82, 2.24) is 4.90 Å². The number of benzene rings is 1. The number of hydrogen-bond acceptors (Lipinski definition) is 3. The predicted molar refractivity (Wildman–Crippen MR) is 74.9 cm³/mol. The molecule has 1 aliphatic carbocycles. The first-order valence-electron chi connectivity index (χ1n) is 6.90. The minimum absolute atomic E-state index is 0.0353. The molecule has 4 heteroatoms. The second-order valence-electron chi connectivity index (χ2n) is 5.19. The normalized spacial score (nSPS) is 16.4. The van der Waals surface area contributed by atoms with Crippen molar-refractivity contribution in [2.24, 2.45) is 5.92 Å². The van der Waals surface area contributed by atoms with E-state index in [0.717, 1.165) is 6.54 Å². The number of terminal acetylenes is 1. The van der Waals surface area contributed by atoms with Gasteiger partial charge in [-0.25, -0.2) is 0 Å². The molecular formula is C16H17NO3. The Hall–Kier alpha value is -2.15. The van der Waals surface area contributed by atoms with Gasteiger partial charge in [-0.2, -0.15) is 0 Å². The highest BCUT2D eigenvalue weighted by molar-refractivity contribution is 5.95. The van der Waals surface area contributed by atoms with Gasteiger partial charge in [0.1, 0.15) is 13.2 Å². The summed E-state index contributed by atoms with van der Waals surface area (Å²) >= 11 is 0. The van der Waals surface area contributed by atoms with Gasteiger partial charge in [0.2, 0.25) is 0 Å². The minimum atomic E-state index is -0.0353. The van der Waals surface area contributed by atoms with E-state index in [1.54, 1.807) is 23.1 Å². The summed E-state index contributed by atoms with van der Waals surface area (Å²) in [4.78, 5) is 14.3. The lowest BCUT2D eigenvalue weighted by Crippen LogP contribution is -2.33. The highest BCUT2D eigenvalue weighted by Gasteiger charge is 2.27. The van der Waals surface area contributed by atoms with Gasteiger partial charge < -0.3 is 14.4 Å². The molecule has 0 aromatic heterocycles. The fourth-order valence-corrected chi connectivity index (χ4v) is 2.30. The monoisotopic (exact) mass is 271 g/mol. The molecule has 1 heterocycles. The molecule has 0 saturated heterocycles. The number of amides is 1. The van der Waals surface area contributed by atoms with Crippen LogP contribution in [-0.4, -0.2) is 37.1 Å². The molecule has 1 amide bonds. The van der Waals surface area contributed by atoms with Crippen LogP contribution in [0, 0.1) is 18.3 Å². The number of fused-ring (bicyclic) bond motifs is 1. The van der Waals surface area contributed by atoms with Crippen molar-refractivity contribution in [1.29, 1.82) is 0 Å². The smallest absolute Gasteiger partial charge is 0.254 e. The molecule has 0 bridgehead atoms. The molecule has 0 atom stereocenters. The molecule has 4 nitrogen and oxygen atoms in total. The van der Waals surface area contributed by atoms with Crippen LogP contribution in [0.5, 0.6) is 11.5 Å². The fourth-order valence-electron chi connectivity index (χ4n) is 2.30. The molecule has 1 aromatic carbocycles. The summed E-state index contributed by atoms with van der Waals surface area (Å²) in [6, 6.07) is 5.30. The second kappa shape index (κ2) is 5.46. The van der Waals surface area contributed by atoms with Crippen LogP contribution < -0.4 is 9.47 Å². The van der Waals surface area contributed by atoms with Crippen molar-refractivity contribution in [3.05, 3.63) is 23.8 Å². The van der Waals surface area contributed by atoms with Gasteiger partial charge in [-0.1, -0.05) is 5.92 Å². The zero-order valence-electron chi connectivity index (χ0n) is 11.3. The third-order valence-corrected chi connectivity index (χ3v) is 3.53. The highest BCUT2D eigenvalue weighted by Crippen LogP contribution is 2.32.